The van der Waals surface area contributed by atoms with Crippen molar-refractivity contribution in [3.63, 3.8) is 0 Å². The topological polar surface area (TPSA) is 50.4 Å². The van der Waals surface area contributed by atoms with Gasteiger partial charge in [0.1, 0.15) is 5.75 Å². The average Bonchev–Trinajstić information content (AvgIpc) is 2.54. The summed E-state index contributed by atoms with van der Waals surface area (Å²) in [5, 5.41) is 6.72. The van der Waals surface area contributed by atoms with E-state index in [9.17, 15) is 4.79 Å². The van der Waals surface area contributed by atoms with Gasteiger partial charge in [0.05, 0.1) is 7.11 Å². The first-order chi connectivity index (χ1) is 10.7. The molecule has 0 atom stereocenters. The van der Waals surface area contributed by atoms with E-state index in [0.29, 0.717) is 24.5 Å². The van der Waals surface area contributed by atoms with E-state index in [1.807, 2.05) is 48.5 Å². The quantitative estimate of drug-likeness (QED) is 0.822. The van der Waals surface area contributed by atoms with Gasteiger partial charge in [-0.1, -0.05) is 35.9 Å². The van der Waals surface area contributed by atoms with Crippen molar-refractivity contribution in [1.29, 1.82) is 0 Å². The second-order valence-corrected chi connectivity index (χ2v) is 5.18. The Hall–Kier alpha value is -2.20. The fourth-order valence-corrected chi connectivity index (χ4v) is 2.18. The zero-order valence-electron chi connectivity index (χ0n) is 12.4. The van der Waals surface area contributed by atoms with Crippen molar-refractivity contribution in [2.75, 3.05) is 19.0 Å². The minimum atomic E-state index is -0.0182. The molecule has 0 aliphatic heterocycles. The molecule has 0 aromatic heterocycles. The van der Waals surface area contributed by atoms with Gasteiger partial charge in [0.25, 0.3) is 0 Å². The molecule has 0 fully saturated rings. The summed E-state index contributed by atoms with van der Waals surface area (Å²) >= 11 is 6.05. The van der Waals surface area contributed by atoms with Crippen LogP contribution in [-0.4, -0.2) is 19.6 Å². The normalized spacial score (nSPS) is 10.1. The first-order valence-electron chi connectivity index (χ1n) is 7.07. The van der Waals surface area contributed by atoms with E-state index in [2.05, 4.69) is 10.6 Å². The number of carbonyl (C=O) groups excluding carboxylic acids is 1. The third-order valence-electron chi connectivity index (χ3n) is 3.18. The van der Waals surface area contributed by atoms with Crippen LogP contribution in [0.5, 0.6) is 5.75 Å². The van der Waals surface area contributed by atoms with Crippen LogP contribution in [0.4, 0.5) is 5.69 Å². The Kier molecular flexibility index (Phi) is 6.10. The van der Waals surface area contributed by atoms with Gasteiger partial charge >= 0.3 is 0 Å². The second-order valence-electron chi connectivity index (χ2n) is 4.78. The summed E-state index contributed by atoms with van der Waals surface area (Å²) in [6.07, 6.45) is 0.391. The minimum absolute atomic E-state index is 0.0182. The smallest absolute Gasteiger partial charge is 0.222 e. The van der Waals surface area contributed by atoms with Crippen LogP contribution >= 0.6 is 11.6 Å². The van der Waals surface area contributed by atoms with Crippen molar-refractivity contribution >= 4 is 23.2 Å². The molecule has 0 bridgehead atoms. The molecule has 0 radical (unpaired) electrons. The maximum absolute atomic E-state index is 11.8. The molecule has 2 rings (SSSR count). The van der Waals surface area contributed by atoms with Crippen LogP contribution in [0.3, 0.4) is 0 Å². The number of hydrogen-bond acceptors (Lipinski definition) is 3. The van der Waals surface area contributed by atoms with Gasteiger partial charge in [-0.05, 0) is 23.8 Å². The second kappa shape index (κ2) is 8.29. The number of benzene rings is 2. The average molecular weight is 319 g/mol. The van der Waals surface area contributed by atoms with Crippen LogP contribution in [0.1, 0.15) is 12.0 Å². The van der Waals surface area contributed by atoms with Gasteiger partial charge in [0, 0.05) is 36.3 Å². The highest BCUT2D eigenvalue weighted by atomic mass is 35.5. The molecule has 0 saturated heterocycles. The monoisotopic (exact) mass is 318 g/mol. The van der Waals surface area contributed by atoms with Crippen LogP contribution < -0.4 is 15.4 Å². The highest BCUT2D eigenvalue weighted by Gasteiger charge is 2.04. The molecule has 5 heteroatoms. The number of methoxy groups -OCH3 is 1. The molecule has 2 aromatic rings. The van der Waals surface area contributed by atoms with E-state index in [4.69, 9.17) is 16.3 Å². The third kappa shape index (κ3) is 4.97. The number of carbonyl (C=O) groups is 1. The summed E-state index contributed by atoms with van der Waals surface area (Å²) < 4.78 is 5.15. The first kappa shape index (κ1) is 16.2. The molecule has 22 heavy (non-hydrogen) atoms. The zero-order valence-corrected chi connectivity index (χ0v) is 13.2. The number of halogens is 1. The van der Waals surface area contributed by atoms with Gasteiger partial charge in [-0.15, -0.1) is 0 Å². The summed E-state index contributed by atoms with van der Waals surface area (Å²) in [6.45, 7) is 0.999. The predicted molar refractivity (Wildman–Crippen MR) is 89.4 cm³/mol. The van der Waals surface area contributed by atoms with E-state index >= 15 is 0 Å². The van der Waals surface area contributed by atoms with Crippen molar-refractivity contribution in [1.82, 2.24) is 5.32 Å². The Morgan fingerprint density at radius 1 is 1.18 bits per heavy atom. The first-order valence-corrected chi connectivity index (χ1v) is 7.45. The molecule has 0 heterocycles. The summed E-state index contributed by atoms with van der Waals surface area (Å²) in [6, 6.07) is 15.1. The summed E-state index contributed by atoms with van der Waals surface area (Å²) in [4.78, 5) is 11.8. The van der Waals surface area contributed by atoms with E-state index in [0.717, 1.165) is 17.0 Å². The minimum Gasteiger partial charge on any atom is -0.497 e. The Morgan fingerprint density at radius 3 is 2.77 bits per heavy atom. The Balaban J connectivity index is 1.72. The molecule has 0 saturated carbocycles. The van der Waals surface area contributed by atoms with Crippen LogP contribution in [0, 0.1) is 0 Å². The molecule has 2 aromatic carbocycles. The lowest BCUT2D eigenvalue weighted by Gasteiger charge is -2.09. The van der Waals surface area contributed by atoms with Crippen molar-refractivity contribution in [3.8, 4) is 5.75 Å². The molecule has 0 unspecified atom stereocenters. The van der Waals surface area contributed by atoms with E-state index in [1.54, 1.807) is 7.11 Å². The highest BCUT2D eigenvalue weighted by Crippen LogP contribution is 2.16. The van der Waals surface area contributed by atoms with Crippen LogP contribution in [0.25, 0.3) is 0 Å². The molecular formula is C17H19ClN2O2. The highest BCUT2D eigenvalue weighted by molar-refractivity contribution is 6.31. The molecule has 1 amide bonds. The van der Waals surface area contributed by atoms with Gasteiger partial charge in [0.15, 0.2) is 0 Å². The lowest BCUT2D eigenvalue weighted by atomic mass is 10.2. The molecule has 4 nitrogen and oxygen atoms in total. The number of anilines is 1. The van der Waals surface area contributed by atoms with Crippen molar-refractivity contribution in [2.24, 2.45) is 0 Å². The lowest BCUT2D eigenvalue weighted by Crippen LogP contribution is -2.25. The molecule has 2 N–H and O–H groups in total. The van der Waals surface area contributed by atoms with Gasteiger partial charge in [-0.25, -0.2) is 0 Å². The van der Waals surface area contributed by atoms with Crippen LogP contribution in [0.15, 0.2) is 48.5 Å². The van der Waals surface area contributed by atoms with Gasteiger partial charge in [-0.3, -0.25) is 4.79 Å². The summed E-state index contributed by atoms with van der Waals surface area (Å²) in [7, 11) is 1.63. The maximum Gasteiger partial charge on any atom is 0.222 e. The van der Waals surface area contributed by atoms with Crippen LogP contribution in [-0.2, 0) is 11.3 Å². The zero-order chi connectivity index (χ0) is 15.8. The van der Waals surface area contributed by atoms with Gasteiger partial charge in [-0.2, -0.15) is 0 Å². The predicted octanol–water partition coefficient (Wildman–Crippen LogP) is 3.47. The summed E-state index contributed by atoms with van der Waals surface area (Å²) in [5.41, 5.74) is 1.84. The lowest BCUT2D eigenvalue weighted by molar-refractivity contribution is -0.121. The number of amides is 1. The molecule has 0 spiro atoms. The molecular weight excluding hydrogens is 300 g/mol. The van der Waals surface area contributed by atoms with Gasteiger partial charge < -0.3 is 15.4 Å². The SMILES string of the molecule is COc1cccc(NCCC(=O)NCc2ccccc2Cl)c1. The summed E-state index contributed by atoms with van der Waals surface area (Å²) in [5.74, 6) is 0.767. The largest absolute Gasteiger partial charge is 0.497 e. The van der Waals surface area contributed by atoms with Crippen molar-refractivity contribution < 1.29 is 9.53 Å². The van der Waals surface area contributed by atoms with Crippen molar-refractivity contribution in [2.45, 2.75) is 13.0 Å². The van der Waals surface area contributed by atoms with E-state index in [1.165, 1.54) is 0 Å². The molecule has 116 valence electrons. The van der Waals surface area contributed by atoms with Gasteiger partial charge in [0.2, 0.25) is 5.91 Å². The molecule has 0 aliphatic carbocycles. The Labute approximate surface area is 135 Å². The standard InChI is InChI=1S/C17H19ClN2O2/c1-22-15-7-4-6-14(11-15)19-10-9-17(21)20-12-13-5-2-3-8-16(13)18/h2-8,11,19H,9-10,12H2,1H3,(H,20,21). The number of hydrogen-bond donors (Lipinski definition) is 2. The van der Waals surface area contributed by atoms with E-state index in [-0.39, 0.29) is 5.91 Å². The Bertz CT molecular complexity index is 632. The third-order valence-corrected chi connectivity index (χ3v) is 3.55. The molecule has 0 aliphatic rings. The Morgan fingerprint density at radius 2 is 2.00 bits per heavy atom. The van der Waals surface area contributed by atoms with Crippen LogP contribution in [0.2, 0.25) is 5.02 Å². The number of ether oxygens (including phenoxy) is 1. The maximum atomic E-state index is 11.8. The fourth-order valence-electron chi connectivity index (χ4n) is 1.98. The van der Waals surface area contributed by atoms with E-state index < -0.39 is 0 Å². The number of nitrogens with one attached hydrogen (secondary N) is 2. The fraction of sp³-hybridized carbons (Fsp3) is 0.235. The number of rotatable bonds is 7. The van der Waals surface area contributed by atoms with Crippen molar-refractivity contribution in [3.05, 3.63) is 59.1 Å².